The van der Waals surface area contributed by atoms with Gasteiger partial charge in [-0.05, 0) is 26.8 Å². The average molecular weight is 267 g/mol. The molecule has 0 spiro atoms. The zero-order valence-corrected chi connectivity index (χ0v) is 12.1. The van der Waals surface area contributed by atoms with E-state index in [2.05, 4.69) is 11.8 Å². The van der Waals surface area contributed by atoms with Gasteiger partial charge in [0.15, 0.2) is 0 Å². The zero-order valence-electron chi connectivity index (χ0n) is 11.3. The highest BCUT2D eigenvalue weighted by Gasteiger charge is 2.09. The molecular formula is C14H21NO2S. The van der Waals surface area contributed by atoms with E-state index < -0.39 is 0 Å². The molecule has 0 unspecified atom stereocenters. The number of nitrogens with two attached hydrogens (primary N) is 1. The maximum Gasteiger partial charge on any atom is 0.0810 e. The molecule has 0 aromatic carbocycles. The fraction of sp³-hybridized carbons (Fsp3) is 0.571. The molecule has 0 atom stereocenters. The summed E-state index contributed by atoms with van der Waals surface area (Å²) < 4.78 is 11.1. The highest BCUT2D eigenvalue weighted by atomic mass is 32.1. The molecule has 100 valence electrons. The monoisotopic (exact) mass is 267 g/mol. The first-order chi connectivity index (χ1) is 8.51. The van der Waals surface area contributed by atoms with Crippen LogP contribution in [0.1, 0.15) is 31.2 Å². The van der Waals surface area contributed by atoms with Crippen molar-refractivity contribution in [2.24, 2.45) is 5.73 Å². The SMILES string of the molecule is CC(C)(C)OCCOCc1cc(C#CCN)cs1. The van der Waals surface area contributed by atoms with E-state index in [0.717, 1.165) is 5.56 Å². The maximum atomic E-state index is 5.57. The summed E-state index contributed by atoms with van der Waals surface area (Å²) in [5, 5.41) is 2.02. The second-order valence-electron chi connectivity index (χ2n) is 4.82. The Morgan fingerprint density at radius 2 is 2.11 bits per heavy atom. The molecule has 3 nitrogen and oxygen atoms in total. The summed E-state index contributed by atoms with van der Waals surface area (Å²) in [5.41, 5.74) is 6.23. The molecule has 0 aliphatic heterocycles. The summed E-state index contributed by atoms with van der Waals surface area (Å²) in [5.74, 6) is 5.84. The molecule has 0 bridgehead atoms. The molecule has 18 heavy (non-hydrogen) atoms. The van der Waals surface area contributed by atoms with Crippen LogP contribution in [0.2, 0.25) is 0 Å². The van der Waals surface area contributed by atoms with E-state index in [9.17, 15) is 0 Å². The van der Waals surface area contributed by atoms with Gasteiger partial charge in [-0.25, -0.2) is 0 Å². The summed E-state index contributed by atoms with van der Waals surface area (Å²) in [6.07, 6.45) is 0. The van der Waals surface area contributed by atoms with Crippen LogP contribution in [0.15, 0.2) is 11.4 Å². The molecule has 0 saturated heterocycles. The second-order valence-corrected chi connectivity index (χ2v) is 5.82. The third-order valence-corrected chi connectivity index (χ3v) is 2.91. The molecule has 0 radical (unpaired) electrons. The number of hydrogen-bond donors (Lipinski definition) is 1. The summed E-state index contributed by atoms with van der Waals surface area (Å²) in [4.78, 5) is 1.17. The van der Waals surface area contributed by atoms with Gasteiger partial charge in [-0.2, -0.15) is 0 Å². The smallest absolute Gasteiger partial charge is 0.0810 e. The van der Waals surface area contributed by atoms with Gasteiger partial charge in [0.05, 0.1) is 32.0 Å². The van der Waals surface area contributed by atoms with E-state index >= 15 is 0 Å². The Kier molecular flexibility index (Phi) is 6.37. The Bertz CT molecular complexity index is 409. The van der Waals surface area contributed by atoms with Gasteiger partial charge in [0.2, 0.25) is 0 Å². The molecular weight excluding hydrogens is 246 g/mol. The van der Waals surface area contributed by atoms with Crippen LogP contribution in [-0.2, 0) is 16.1 Å². The molecule has 0 fully saturated rings. The molecule has 4 heteroatoms. The van der Waals surface area contributed by atoms with E-state index in [1.807, 2.05) is 32.2 Å². The van der Waals surface area contributed by atoms with Crippen molar-refractivity contribution in [3.05, 3.63) is 21.9 Å². The van der Waals surface area contributed by atoms with Crippen molar-refractivity contribution in [3.63, 3.8) is 0 Å². The van der Waals surface area contributed by atoms with Crippen LogP contribution < -0.4 is 5.73 Å². The van der Waals surface area contributed by atoms with Crippen LogP contribution in [0, 0.1) is 11.8 Å². The first kappa shape index (κ1) is 15.2. The standard InChI is InChI=1S/C14H21NO2S/c1-14(2,3)17-8-7-16-10-13-9-12(11-18-13)5-4-6-15/h9,11H,6-8,10,15H2,1-3H3. The molecule has 1 rings (SSSR count). The summed E-state index contributed by atoms with van der Waals surface area (Å²) in [6.45, 7) is 8.35. The fourth-order valence-electron chi connectivity index (χ4n) is 1.25. The Labute approximate surface area is 113 Å². The van der Waals surface area contributed by atoms with Crippen molar-refractivity contribution in [3.8, 4) is 11.8 Å². The van der Waals surface area contributed by atoms with Crippen LogP contribution in [0.3, 0.4) is 0 Å². The lowest BCUT2D eigenvalue weighted by atomic mass is 10.2. The molecule has 1 aromatic heterocycles. The third kappa shape index (κ3) is 6.77. The molecule has 0 aliphatic carbocycles. The Hall–Kier alpha value is -0.860. The van der Waals surface area contributed by atoms with E-state index in [1.54, 1.807) is 11.3 Å². The van der Waals surface area contributed by atoms with Crippen LogP contribution in [0.5, 0.6) is 0 Å². The number of rotatable bonds is 5. The van der Waals surface area contributed by atoms with Gasteiger partial charge in [-0.1, -0.05) is 11.8 Å². The predicted octanol–water partition coefficient (Wildman–Crippen LogP) is 2.39. The fourth-order valence-corrected chi connectivity index (χ4v) is 2.01. The van der Waals surface area contributed by atoms with Crippen molar-refractivity contribution < 1.29 is 9.47 Å². The predicted molar refractivity (Wildman–Crippen MR) is 75.6 cm³/mol. The van der Waals surface area contributed by atoms with Gasteiger partial charge in [0, 0.05) is 15.8 Å². The molecule has 0 amide bonds. The largest absolute Gasteiger partial charge is 0.374 e. The minimum Gasteiger partial charge on any atom is -0.374 e. The van der Waals surface area contributed by atoms with E-state index in [4.69, 9.17) is 15.2 Å². The summed E-state index contributed by atoms with van der Waals surface area (Å²) in [6, 6.07) is 2.04. The highest BCUT2D eigenvalue weighted by molar-refractivity contribution is 7.10. The first-order valence-electron chi connectivity index (χ1n) is 5.99. The van der Waals surface area contributed by atoms with Crippen molar-refractivity contribution in [2.45, 2.75) is 33.0 Å². The number of hydrogen-bond acceptors (Lipinski definition) is 4. The van der Waals surface area contributed by atoms with Crippen molar-refractivity contribution >= 4 is 11.3 Å². The lowest BCUT2D eigenvalue weighted by Gasteiger charge is -2.19. The van der Waals surface area contributed by atoms with Crippen molar-refractivity contribution in [2.75, 3.05) is 19.8 Å². The van der Waals surface area contributed by atoms with E-state index in [1.165, 1.54) is 4.88 Å². The Balaban J connectivity index is 2.21. The first-order valence-corrected chi connectivity index (χ1v) is 6.87. The van der Waals surface area contributed by atoms with Gasteiger partial charge in [-0.3, -0.25) is 0 Å². The Morgan fingerprint density at radius 1 is 1.33 bits per heavy atom. The second kappa shape index (κ2) is 7.55. The van der Waals surface area contributed by atoms with Crippen LogP contribution in [-0.4, -0.2) is 25.4 Å². The summed E-state index contributed by atoms with van der Waals surface area (Å²) >= 11 is 1.65. The normalized spacial score (nSPS) is 11.1. The molecule has 0 saturated carbocycles. The number of ether oxygens (including phenoxy) is 2. The van der Waals surface area contributed by atoms with Gasteiger partial charge in [-0.15, -0.1) is 11.3 Å². The van der Waals surface area contributed by atoms with Crippen LogP contribution in [0.25, 0.3) is 0 Å². The van der Waals surface area contributed by atoms with Crippen molar-refractivity contribution in [1.29, 1.82) is 0 Å². The summed E-state index contributed by atoms with van der Waals surface area (Å²) in [7, 11) is 0. The molecule has 2 N–H and O–H groups in total. The Morgan fingerprint density at radius 3 is 2.78 bits per heavy atom. The molecule has 1 heterocycles. The van der Waals surface area contributed by atoms with Gasteiger partial charge >= 0.3 is 0 Å². The number of thiophene rings is 1. The topological polar surface area (TPSA) is 44.5 Å². The molecule has 0 aliphatic rings. The van der Waals surface area contributed by atoms with Gasteiger partial charge in [0.25, 0.3) is 0 Å². The van der Waals surface area contributed by atoms with Crippen LogP contribution >= 0.6 is 11.3 Å². The quantitative estimate of drug-likeness (QED) is 0.658. The third-order valence-electron chi connectivity index (χ3n) is 2.00. The van der Waals surface area contributed by atoms with Gasteiger partial charge in [0.1, 0.15) is 0 Å². The van der Waals surface area contributed by atoms with Crippen molar-refractivity contribution in [1.82, 2.24) is 0 Å². The minimum absolute atomic E-state index is 0.0999. The maximum absolute atomic E-state index is 5.57. The van der Waals surface area contributed by atoms with E-state index in [-0.39, 0.29) is 5.60 Å². The molecule has 1 aromatic rings. The highest BCUT2D eigenvalue weighted by Crippen LogP contribution is 2.15. The lowest BCUT2D eigenvalue weighted by molar-refractivity contribution is -0.0373. The lowest BCUT2D eigenvalue weighted by Crippen LogP contribution is -2.21. The van der Waals surface area contributed by atoms with Gasteiger partial charge < -0.3 is 15.2 Å². The van der Waals surface area contributed by atoms with Crippen LogP contribution in [0.4, 0.5) is 0 Å². The minimum atomic E-state index is -0.0999. The van der Waals surface area contributed by atoms with E-state index in [0.29, 0.717) is 26.4 Å². The zero-order chi connectivity index (χ0) is 13.4. The average Bonchev–Trinajstić information content (AvgIpc) is 2.72.